The van der Waals surface area contributed by atoms with Crippen molar-refractivity contribution in [3.63, 3.8) is 0 Å². The summed E-state index contributed by atoms with van der Waals surface area (Å²) in [6.45, 7) is 1.36. The van der Waals surface area contributed by atoms with Crippen LogP contribution in [0.3, 0.4) is 0 Å². The second-order valence-corrected chi connectivity index (χ2v) is 7.72. The average Bonchev–Trinajstić information content (AvgIpc) is 2.57. The Hall–Kier alpha value is -1.92. The van der Waals surface area contributed by atoms with Crippen LogP contribution in [-0.2, 0) is 10.1 Å². The monoisotopic (exact) mass is 382 g/mol. The first-order valence-corrected chi connectivity index (χ1v) is 9.85. The fourth-order valence-electron chi connectivity index (χ4n) is 2.28. The predicted octanol–water partition coefficient (Wildman–Crippen LogP) is 2.61. The van der Waals surface area contributed by atoms with Gasteiger partial charge in [-0.25, -0.2) is 4.58 Å². The van der Waals surface area contributed by atoms with Crippen molar-refractivity contribution < 1.29 is 17.5 Å². The highest BCUT2D eigenvalue weighted by Gasteiger charge is 2.11. The standard InChI is InChI=1S/C17H20ClN3O3S/c1-20(17-8-6-16(18)7-9-17)19-13-15-5-4-11-21(14-15)10-2-3-12-25(22,23)24/h4-9,11H,2-3,10,12,14H2,1H3/p+1. The first-order valence-electron chi connectivity index (χ1n) is 7.86. The molecule has 6 nitrogen and oxygen atoms in total. The number of hydrogen-bond acceptors (Lipinski definition) is 4. The molecule has 2 rings (SSSR count). The molecule has 0 radical (unpaired) electrons. The maximum atomic E-state index is 10.7. The van der Waals surface area contributed by atoms with Crippen molar-refractivity contribution in [2.75, 3.05) is 30.9 Å². The van der Waals surface area contributed by atoms with Crippen molar-refractivity contribution in [1.29, 1.82) is 0 Å². The van der Waals surface area contributed by atoms with Gasteiger partial charge in [0.05, 0.1) is 17.0 Å². The lowest BCUT2D eigenvalue weighted by molar-refractivity contribution is -0.515. The highest BCUT2D eigenvalue weighted by Crippen LogP contribution is 2.16. The number of halogens is 1. The van der Waals surface area contributed by atoms with E-state index in [1.54, 1.807) is 17.1 Å². The Morgan fingerprint density at radius 3 is 2.72 bits per heavy atom. The average molecular weight is 383 g/mol. The zero-order chi connectivity index (χ0) is 18.3. The third kappa shape index (κ3) is 7.23. The highest BCUT2D eigenvalue weighted by molar-refractivity contribution is 7.85. The van der Waals surface area contributed by atoms with Crippen LogP contribution >= 0.6 is 11.6 Å². The van der Waals surface area contributed by atoms with E-state index in [9.17, 15) is 8.42 Å². The third-order valence-electron chi connectivity index (χ3n) is 3.61. The van der Waals surface area contributed by atoms with Gasteiger partial charge in [0, 0.05) is 30.4 Å². The van der Waals surface area contributed by atoms with Crippen LogP contribution in [0.5, 0.6) is 0 Å². The first-order chi connectivity index (χ1) is 11.8. The van der Waals surface area contributed by atoms with Gasteiger partial charge in [0.15, 0.2) is 12.8 Å². The number of nitrogens with zero attached hydrogens (tertiary/aromatic N) is 3. The molecule has 25 heavy (non-hydrogen) atoms. The fraction of sp³-hybridized carbons (Fsp3) is 0.353. The zero-order valence-electron chi connectivity index (χ0n) is 14.0. The molecule has 8 heteroatoms. The Bertz CT molecular complexity index is 823. The van der Waals surface area contributed by atoms with Crippen LogP contribution in [0, 0.1) is 0 Å². The zero-order valence-corrected chi connectivity index (χ0v) is 15.5. The second-order valence-electron chi connectivity index (χ2n) is 5.71. The van der Waals surface area contributed by atoms with E-state index in [2.05, 4.69) is 15.5 Å². The molecule has 0 aromatic heterocycles. The SMILES string of the molecule is CN(N=C=C1C=CC=[N+](CCCCS(=O)(=O)O)C1)c1ccc(Cl)cc1. The number of anilines is 1. The molecule has 1 aromatic carbocycles. The Kier molecular flexibility index (Phi) is 6.96. The van der Waals surface area contributed by atoms with Gasteiger partial charge in [0.1, 0.15) is 6.54 Å². The van der Waals surface area contributed by atoms with Crippen LogP contribution in [0.25, 0.3) is 0 Å². The first kappa shape index (κ1) is 19.4. The predicted molar refractivity (Wildman–Crippen MR) is 102 cm³/mol. The summed E-state index contributed by atoms with van der Waals surface area (Å²) in [6.07, 6.45) is 6.90. The molecule has 0 amide bonds. The van der Waals surface area contributed by atoms with Gasteiger partial charge < -0.3 is 0 Å². The number of rotatable bonds is 7. The Balaban J connectivity index is 1.90. The maximum absolute atomic E-state index is 10.7. The minimum atomic E-state index is -3.87. The van der Waals surface area contributed by atoms with E-state index < -0.39 is 10.1 Å². The van der Waals surface area contributed by atoms with E-state index in [1.807, 2.05) is 37.5 Å². The minimum Gasteiger partial charge on any atom is -0.286 e. The van der Waals surface area contributed by atoms with Gasteiger partial charge in [-0.1, -0.05) is 11.6 Å². The van der Waals surface area contributed by atoms with Crippen molar-refractivity contribution in [2.24, 2.45) is 5.10 Å². The van der Waals surface area contributed by atoms with Crippen molar-refractivity contribution in [1.82, 2.24) is 0 Å². The molecule has 0 aliphatic carbocycles. The van der Waals surface area contributed by atoms with E-state index in [4.69, 9.17) is 16.2 Å². The van der Waals surface area contributed by atoms with Crippen LogP contribution in [-0.4, -0.2) is 55.5 Å². The summed E-state index contributed by atoms with van der Waals surface area (Å²) in [6, 6.07) is 7.37. The number of allylic oxidation sites excluding steroid dienone is 1. The number of benzene rings is 1. The third-order valence-corrected chi connectivity index (χ3v) is 4.67. The summed E-state index contributed by atoms with van der Waals surface area (Å²) < 4.78 is 32.2. The van der Waals surface area contributed by atoms with Gasteiger partial charge in [0.2, 0.25) is 0 Å². The highest BCUT2D eigenvalue weighted by atomic mass is 35.5. The smallest absolute Gasteiger partial charge is 0.264 e. The lowest BCUT2D eigenvalue weighted by Crippen LogP contribution is -2.20. The molecule has 0 bridgehead atoms. The quantitative estimate of drug-likeness (QED) is 0.258. The number of unbranched alkanes of at least 4 members (excludes halogenated alkanes) is 1. The molecule has 1 aliphatic heterocycles. The summed E-state index contributed by atoms with van der Waals surface area (Å²) in [4.78, 5) is 0. The fourth-order valence-corrected chi connectivity index (χ4v) is 2.98. The Morgan fingerprint density at radius 1 is 1.32 bits per heavy atom. The topological polar surface area (TPSA) is 73.0 Å². The van der Waals surface area contributed by atoms with Gasteiger partial charge in [-0.2, -0.15) is 8.42 Å². The van der Waals surface area contributed by atoms with Crippen LogP contribution in [0.4, 0.5) is 5.69 Å². The molecule has 0 fully saturated rings. The summed E-state index contributed by atoms with van der Waals surface area (Å²) in [5.74, 6) is 2.83. The molecule has 0 spiro atoms. The second kappa shape index (κ2) is 8.97. The van der Waals surface area contributed by atoms with Gasteiger partial charge in [0.25, 0.3) is 10.1 Å². The molecule has 0 unspecified atom stereocenters. The van der Waals surface area contributed by atoms with Gasteiger partial charge >= 0.3 is 0 Å². The molecular weight excluding hydrogens is 362 g/mol. The van der Waals surface area contributed by atoms with Crippen molar-refractivity contribution >= 4 is 39.5 Å². The van der Waals surface area contributed by atoms with E-state index in [0.717, 1.165) is 11.3 Å². The lowest BCUT2D eigenvalue weighted by Gasteiger charge is -2.11. The van der Waals surface area contributed by atoms with E-state index in [-0.39, 0.29) is 5.75 Å². The van der Waals surface area contributed by atoms with E-state index in [0.29, 0.717) is 31.0 Å². The molecule has 0 saturated carbocycles. The molecule has 1 aromatic rings. The van der Waals surface area contributed by atoms with E-state index >= 15 is 0 Å². The van der Waals surface area contributed by atoms with Crippen LogP contribution < -0.4 is 5.01 Å². The maximum Gasteiger partial charge on any atom is 0.264 e. The van der Waals surface area contributed by atoms with Gasteiger partial charge in [-0.15, -0.1) is 5.10 Å². The van der Waals surface area contributed by atoms with Gasteiger partial charge in [-0.05, 0) is 36.8 Å². The summed E-state index contributed by atoms with van der Waals surface area (Å²) in [7, 11) is -2.04. The molecule has 1 aliphatic rings. The van der Waals surface area contributed by atoms with Crippen LogP contribution in [0.2, 0.25) is 5.02 Å². The van der Waals surface area contributed by atoms with Gasteiger partial charge in [-0.3, -0.25) is 9.56 Å². The minimum absolute atomic E-state index is 0.202. The molecule has 0 atom stereocenters. The van der Waals surface area contributed by atoms with Crippen molar-refractivity contribution in [3.05, 3.63) is 47.0 Å². The largest absolute Gasteiger partial charge is 0.286 e. The van der Waals surface area contributed by atoms with Crippen molar-refractivity contribution in [3.8, 4) is 0 Å². The molecule has 134 valence electrons. The summed E-state index contributed by atoms with van der Waals surface area (Å²) in [5, 5.41) is 6.70. The summed E-state index contributed by atoms with van der Waals surface area (Å²) >= 11 is 5.87. The van der Waals surface area contributed by atoms with E-state index in [1.165, 1.54) is 0 Å². The molecule has 1 N–H and O–H groups in total. The lowest BCUT2D eigenvalue weighted by atomic mass is 10.2. The molecular formula is C17H21ClN3O3S+. The Morgan fingerprint density at radius 2 is 2.04 bits per heavy atom. The number of hydrogen-bond donors (Lipinski definition) is 1. The number of hydrazone groups is 1. The normalized spacial score (nSPS) is 14.0. The van der Waals surface area contributed by atoms with Crippen molar-refractivity contribution in [2.45, 2.75) is 12.8 Å². The van der Waals surface area contributed by atoms with Crippen LogP contribution in [0.1, 0.15) is 12.8 Å². The summed E-state index contributed by atoms with van der Waals surface area (Å²) in [5.41, 5.74) is 1.84. The molecule has 0 saturated heterocycles. The Labute approximate surface area is 153 Å². The molecule has 1 heterocycles. The van der Waals surface area contributed by atoms with Crippen LogP contribution in [0.15, 0.2) is 47.1 Å².